The highest BCUT2D eigenvalue weighted by Crippen LogP contribution is 2.13. The van der Waals surface area contributed by atoms with Gasteiger partial charge in [0.15, 0.2) is 0 Å². The Hall–Kier alpha value is -1.66. The van der Waals surface area contributed by atoms with Crippen LogP contribution in [0.4, 0.5) is 5.69 Å². The molecule has 110 valence electrons. The van der Waals surface area contributed by atoms with Gasteiger partial charge in [-0.05, 0) is 20.0 Å². The predicted octanol–water partition coefficient (Wildman–Crippen LogP) is 0.228. The number of likely N-dealkylation sites (N-methyl/N-ethyl adjacent to an activating group) is 1. The summed E-state index contributed by atoms with van der Waals surface area (Å²) < 4.78 is 0. The largest absolute Gasteiger partial charge is 0.383 e. The van der Waals surface area contributed by atoms with Crippen molar-refractivity contribution in [1.29, 1.82) is 0 Å². The summed E-state index contributed by atoms with van der Waals surface area (Å²) in [6, 6.07) is 2.20. The molecule has 1 aliphatic rings. The number of nitrogens with zero attached hydrogens (tertiary/aromatic N) is 3. The number of piperazine rings is 1. The number of hydrogen-bond donors (Lipinski definition) is 2. The van der Waals surface area contributed by atoms with Crippen molar-refractivity contribution in [2.24, 2.45) is 5.73 Å². The molecule has 6 nitrogen and oxygen atoms in total. The highest BCUT2D eigenvalue weighted by atomic mass is 16.1. The quantitative estimate of drug-likeness (QED) is 0.806. The molecule has 6 heteroatoms. The van der Waals surface area contributed by atoms with Gasteiger partial charge in [-0.25, -0.2) is 0 Å². The monoisotopic (exact) mass is 277 g/mol. The molecule has 1 atom stereocenters. The molecule has 3 N–H and O–H groups in total. The molecule has 1 aromatic heterocycles. The van der Waals surface area contributed by atoms with E-state index in [1.807, 2.05) is 0 Å². The number of aromatic nitrogens is 1. The third-order valence-corrected chi connectivity index (χ3v) is 3.84. The summed E-state index contributed by atoms with van der Waals surface area (Å²) in [6.45, 7) is 7.35. The van der Waals surface area contributed by atoms with E-state index < -0.39 is 5.91 Å². The average molecular weight is 277 g/mol. The smallest absolute Gasteiger partial charge is 0.252 e. The molecule has 2 heterocycles. The molecule has 0 bridgehead atoms. The Morgan fingerprint density at radius 3 is 2.80 bits per heavy atom. The van der Waals surface area contributed by atoms with Gasteiger partial charge < -0.3 is 16.0 Å². The number of hydrogen-bond acceptors (Lipinski definition) is 5. The van der Waals surface area contributed by atoms with Gasteiger partial charge in [0.1, 0.15) is 0 Å². The molecular formula is C14H23N5O. The second kappa shape index (κ2) is 6.67. The number of carbonyl (C=O) groups excluding carboxylic acids is 1. The topological polar surface area (TPSA) is 74.5 Å². The maximum absolute atomic E-state index is 11.3. The zero-order valence-electron chi connectivity index (χ0n) is 12.2. The second-order valence-corrected chi connectivity index (χ2v) is 5.35. The van der Waals surface area contributed by atoms with Crippen LogP contribution in [0.2, 0.25) is 0 Å². The Bertz CT molecular complexity index is 457. The third-order valence-electron chi connectivity index (χ3n) is 3.84. The van der Waals surface area contributed by atoms with Crippen molar-refractivity contribution in [3.63, 3.8) is 0 Å². The maximum atomic E-state index is 11.3. The van der Waals surface area contributed by atoms with E-state index in [4.69, 9.17) is 5.73 Å². The Morgan fingerprint density at radius 1 is 1.45 bits per heavy atom. The summed E-state index contributed by atoms with van der Waals surface area (Å²) in [7, 11) is 2.15. The van der Waals surface area contributed by atoms with Gasteiger partial charge in [-0.2, -0.15) is 0 Å². The van der Waals surface area contributed by atoms with Gasteiger partial charge in [-0.15, -0.1) is 0 Å². The lowest BCUT2D eigenvalue weighted by Gasteiger charge is -2.36. The van der Waals surface area contributed by atoms with E-state index in [1.54, 1.807) is 12.3 Å². The Balaban J connectivity index is 1.90. The van der Waals surface area contributed by atoms with Gasteiger partial charge in [0.25, 0.3) is 5.91 Å². The summed E-state index contributed by atoms with van der Waals surface area (Å²) in [4.78, 5) is 20.1. The van der Waals surface area contributed by atoms with Crippen LogP contribution in [0.25, 0.3) is 0 Å². The van der Waals surface area contributed by atoms with Crippen LogP contribution >= 0.6 is 0 Å². The number of pyridine rings is 1. The number of nitrogens with one attached hydrogen (secondary N) is 1. The minimum absolute atomic E-state index is 0.414. The van der Waals surface area contributed by atoms with E-state index in [2.05, 4.69) is 34.1 Å². The Morgan fingerprint density at radius 2 is 2.15 bits per heavy atom. The fourth-order valence-electron chi connectivity index (χ4n) is 2.39. The van der Waals surface area contributed by atoms with Crippen LogP contribution in [0.1, 0.15) is 17.3 Å². The van der Waals surface area contributed by atoms with Crippen LogP contribution in [-0.4, -0.2) is 66.5 Å². The molecule has 1 aliphatic heterocycles. The number of amides is 1. The van der Waals surface area contributed by atoms with Crippen LogP contribution in [0, 0.1) is 0 Å². The molecular weight excluding hydrogens is 254 g/mol. The van der Waals surface area contributed by atoms with E-state index in [1.165, 1.54) is 6.20 Å². The van der Waals surface area contributed by atoms with E-state index in [0.29, 0.717) is 11.6 Å². The first-order valence-electron chi connectivity index (χ1n) is 6.98. The lowest BCUT2D eigenvalue weighted by atomic mass is 10.2. The molecule has 1 unspecified atom stereocenters. The molecule has 0 radical (unpaired) electrons. The normalized spacial score (nSPS) is 18.7. The molecule has 1 saturated heterocycles. The number of primary amides is 1. The summed E-state index contributed by atoms with van der Waals surface area (Å²) in [5.41, 5.74) is 6.54. The number of anilines is 1. The lowest BCUT2D eigenvalue weighted by molar-refractivity contribution is 0.100. The van der Waals surface area contributed by atoms with Crippen LogP contribution < -0.4 is 11.1 Å². The molecule has 1 fully saturated rings. The molecule has 20 heavy (non-hydrogen) atoms. The van der Waals surface area contributed by atoms with Crippen molar-refractivity contribution in [1.82, 2.24) is 14.8 Å². The zero-order valence-corrected chi connectivity index (χ0v) is 12.2. The summed E-state index contributed by atoms with van der Waals surface area (Å²) in [5, 5.41) is 3.31. The van der Waals surface area contributed by atoms with Gasteiger partial charge >= 0.3 is 0 Å². The van der Waals surface area contributed by atoms with Crippen molar-refractivity contribution < 1.29 is 4.79 Å². The SMILES string of the molecule is CC(CNc1ccncc1C(N)=O)N1CCN(C)CC1. The minimum Gasteiger partial charge on any atom is -0.383 e. The molecule has 0 spiro atoms. The first-order valence-corrected chi connectivity index (χ1v) is 6.98. The molecule has 1 aromatic rings. The second-order valence-electron chi connectivity index (χ2n) is 5.35. The summed E-state index contributed by atoms with van der Waals surface area (Å²) >= 11 is 0. The van der Waals surface area contributed by atoms with Gasteiger partial charge in [-0.3, -0.25) is 14.7 Å². The van der Waals surface area contributed by atoms with Gasteiger partial charge in [0.2, 0.25) is 0 Å². The standard InChI is InChI=1S/C14H23N5O/c1-11(19-7-5-18(2)6-8-19)9-17-13-3-4-16-10-12(13)14(15)20/h3-4,10-11H,5-9H2,1-2H3,(H2,15,20)(H,16,17). The number of rotatable bonds is 5. The van der Waals surface area contributed by atoms with Crippen LogP contribution in [-0.2, 0) is 0 Å². The molecule has 2 rings (SSSR count). The molecule has 1 amide bonds. The molecule has 0 saturated carbocycles. The van der Waals surface area contributed by atoms with Crippen LogP contribution in [0.15, 0.2) is 18.5 Å². The van der Waals surface area contributed by atoms with Gasteiger partial charge in [0.05, 0.1) is 11.3 Å². The van der Waals surface area contributed by atoms with E-state index in [-0.39, 0.29) is 0 Å². The van der Waals surface area contributed by atoms with Crippen LogP contribution in [0.3, 0.4) is 0 Å². The summed E-state index contributed by atoms with van der Waals surface area (Å²) in [5.74, 6) is -0.451. The highest BCUT2D eigenvalue weighted by Gasteiger charge is 2.19. The van der Waals surface area contributed by atoms with Gasteiger partial charge in [0, 0.05) is 51.2 Å². The molecule has 0 aliphatic carbocycles. The van der Waals surface area contributed by atoms with Crippen LogP contribution in [0.5, 0.6) is 0 Å². The maximum Gasteiger partial charge on any atom is 0.252 e. The Kier molecular flexibility index (Phi) is 4.92. The van der Waals surface area contributed by atoms with Gasteiger partial charge in [-0.1, -0.05) is 0 Å². The number of carbonyl (C=O) groups is 1. The third kappa shape index (κ3) is 3.68. The van der Waals surface area contributed by atoms with Crippen molar-refractivity contribution in [2.45, 2.75) is 13.0 Å². The highest BCUT2D eigenvalue weighted by molar-refractivity contribution is 5.98. The van der Waals surface area contributed by atoms with Crippen molar-refractivity contribution in [3.8, 4) is 0 Å². The van der Waals surface area contributed by atoms with E-state index in [0.717, 1.165) is 38.4 Å². The van der Waals surface area contributed by atoms with Crippen molar-refractivity contribution in [2.75, 3.05) is 45.1 Å². The van der Waals surface area contributed by atoms with Crippen molar-refractivity contribution >= 4 is 11.6 Å². The predicted molar refractivity (Wildman–Crippen MR) is 79.8 cm³/mol. The number of nitrogens with two attached hydrogens (primary N) is 1. The zero-order chi connectivity index (χ0) is 14.5. The first-order chi connectivity index (χ1) is 9.58. The minimum atomic E-state index is -0.451. The van der Waals surface area contributed by atoms with E-state index in [9.17, 15) is 4.79 Å². The lowest BCUT2D eigenvalue weighted by Crippen LogP contribution is -2.49. The van der Waals surface area contributed by atoms with Crippen molar-refractivity contribution in [3.05, 3.63) is 24.0 Å². The fraction of sp³-hybridized carbons (Fsp3) is 0.571. The first kappa shape index (κ1) is 14.7. The molecule has 0 aromatic carbocycles. The van der Waals surface area contributed by atoms with E-state index >= 15 is 0 Å². The average Bonchev–Trinajstić information content (AvgIpc) is 2.45. The summed E-state index contributed by atoms with van der Waals surface area (Å²) in [6.07, 6.45) is 3.17. The Labute approximate surface area is 120 Å². The fourth-order valence-corrected chi connectivity index (χ4v) is 2.39.